The highest BCUT2D eigenvalue weighted by Crippen LogP contribution is 2.50. The summed E-state index contributed by atoms with van der Waals surface area (Å²) < 4.78 is 45.6. The average molecular weight is 831 g/mol. The molecule has 1 spiro atoms. The van der Waals surface area contributed by atoms with Crippen LogP contribution in [-0.4, -0.2) is 121 Å². The van der Waals surface area contributed by atoms with Crippen molar-refractivity contribution in [1.29, 1.82) is 0 Å². The van der Waals surface area contributed by atoms with Gasteiger partial charge in [-0.2, -0.15) is 5.10 Å². The molecule has 0 aromatic carbocycles. The number of ether oxygens (including phenoxy) is 7. The van der Waals surface area contributed by atoms with Gasteiger partial charge >= 0.3 is 5.97 Å². The molecule has 324 valence electrons. The second kappa shape index (κ2) is 18.1. The van der Waals surface area contributed by atoms with Crippen LogP contribution in [0.1, 0.15) is 105 Å². The molecule has 14 atom stereocenters. The number of methoxy groups -OCH3 is 1. The van der Waals surface area contributed by atoms with Crippen molar-refractivity contribution in [2.24, 2.45) is 28.8 Å². The zero-order valence-electron chi connectivity index (χ0n) is 35.7. The van der Waals surface area contributed by atoms with Gasteiger partial charge in [-0.15, -0.1) is 0 Å². The van der Waals surface area contributed by atoms with Crippen LogP contribution in [0.3, 0.4) is 0 Å². The number of halogens is 1. The number of carbonyl (C=O) groups excluding carboxylic acids is 1. The Morgan fingerprint density at radius 3 is 2.52 bits per heavy atom. The highest BCUT2D eigenvalue weighted by Gasteiger charge is 2.62. The summed E-state index contributed by atoms with van der Waals surface area (Å²) in [6.07, 6.45) is 12.9. The molecule has 0 aromatic heterocycles. The first-order chi connectivity index (χ1) is 27.6. The molecule has 2 aliphatic carbocycles. The zero-order valence-corrected chi connectivity index (χ0v) is 36.5. The Hall–Kier alpha value is -2.13. The second-order valence-electron chi connectivity index (χ2n) is 18.3. The van der Waals surface area contributed by atoms with Crippen molar-refractivity contribution >= 4 is 23.3 Å². The van der Waals surface area contributed by atoms with E-state index >= 15 is 0 Å². The molecule has 0 aromatic rings. The summed E-state index contributed by atoms with van der Waals surface area (Å²) in [6.45, 7) is 10.1. The fraction of sp³-hybridized carbons (Fsp3) is 0.778. The zero-order chi connectivity index (χ0) is 41.5. The number of allylic oxidation sites excluding steroid dienone is 2. The van der Waals surface area contributed by atoms with Crippen molar-refractivity contribution in [2.45, 2.75) is 172 Å². The lowest BCUT2D eigenvalue weighted by molar-refractivity contribution is -0.342. The van der Waals surface area contributed by atoms with Crippen LogP contribution < -0.4 is 0 Å². The quantitative estimate of drug-likeness (QED) is 0.174. The molecule has 2 bridgehead atoms. The molecule has 5 heterocycles. The van der Waals surface area contributed by atoms with Crippen molar-refractivity contribution in [1.82, 2.24) is 5.01 Å². The molecule has 2 N–H and O–H groups in total. The topological polar surface area (TPSA) is 138 Å². The molecule has 13 heteroatoms. The summed E-state index contributed by atoms with van der Waals surface area (Å²) in [4.78, 5) is 14.7. The van der Waals surface area contributed by atoms with E-state index in [2.05, 4.69) is 31.9 Å². The van der Waals surface area contributed by atoms with Gasteiger partial charge in [0.1, 0.15) is 29.8 Å². The number of esters is 1. The number of carbonyl (C=O) groups is 1. The lowest BCUT2D eigenvalue weighted by atomic mass is 9.71. The van der Waals surface area contributed by atoms with Gasteiger partial charge in [0, 0.05) is 57.8 Å². The Labute approximate surface area is 349 Å². The maximum absolute atomic E-state index is 14.7. The number of rotatable bonds is 5. The summed E-state index contributed by atoms with van der Waals surface area (Å²) in [7, 11) is 5.18. The van der Waals surface area contributed by atoms with Crippen LogP contribution in [0.5, 0.6) is 0 Å². The highest BCUT2D eigenvalue weighted by molar-refractivity contribution is 6.35. The molecule has 58 heavy (non-hydrogen) atoms. The van der Waals surface area contributed by atoms with Crippen LogP contribution in [-0.2, 0) is 38.0 Å². The van der Waals surface area contributed by atoms with Crippen molar-refractivity contribution in [2.75, 3.05) is 27.8 Å². The van der Waals surface area contributed by atoms with E-state index in [0.29, 0.717) is 60.8 Å². The van der Waals surface area contributed by atoms with Gasteiger partial charge in [-0.05, 0) is 75.0 Å². The van der Waals surface area contributed by atoms with Crippen LogP contribution in [0.4, 0.5) is 0 Å². The second-order valence-corrected chi connectivity index (χ2v) is 18.8. The molecule has 1 saturated carbocycles. The lowest BCUT2D eigenvalue weighted by Crippen LogP contribution is -2.58. The molecular weight excluding hydrogens is 764 g/mol. The fourth-order valence-electron chi connectivity index (χ4n) is 10.7. The summed E-state index contributed by atoms with van der Waals surface area (Å²) in [5.74, 6) is -2.04. The van der Waals surface area contributed by atoms with Crippen LogP contribution >= 0.6 is 11.6 Å². The highest BCUT2D eigenvalue weighted by atomic mass is 35.5. The Bertz CT molecular complexity index is 1660. The van der Waals surface area contributed by atoms with Gasteiger partial charge < -0.3 is 48.4 Å². The third kappa shape index (κ3) is 8.79. The minimum absolute atomic E-state index is 0.0645. The predicted molar refractivity (Wildman–Crippen MR) is 220 cm³/mol. The molecule has 5 aliphatic heterocycles. The van der Waals surface area contributed by atoms with Gasteiger partial charge in [-0.25, -0.2) is 0 Å². The average Bonchev–Trinajstić information content (AvgIpc) is 3.52. The molecule has 0 amide bonds. The van der Waals surface area contributed by atoms with Gasteiger partial charge in [0.2, 0.25) is 0 Å². The van der Waals surface area contributed by atoms with Gasteiger partial charge in [0.05, 0.1) is 42.8 Å². The number of aliphatic hydroxyl groups excluding tert-OH is 1. The number of hydrazone groups is 1. The van der Waals surface area contributed by atoms with E-state index in [0.717, 1.165) is 24.8 Å². The Morgan fingerprint density at radius 2 is 1.79 bits per heavy atom. The van der Waals surface area contributed by atoms with Crippen molar-refractivity contribution in [3.05, 3.63) is 46.1 Å². The van der Waals surface area contributed by atoms with Gasteiger partial charge in [0.15, 0.2) is 12.1 Å². The molecule has 12 nitrogen and oxygen atoms in total. The lowest BCUT2D eigenvalue weighted by Gasteiger charge is -2.51. The smallest absolute Gasteiger partial charge is 0.318 e. The van der Waals surface area contributed by atoms with Gasteiger partial charge in [-0.1, -0.05) is 69.0 Å². The number of nitrogens with zero attached hydrogens (tertiary/aromatic N) is 2. The summed E-state index contributed by atoms with van der Waals surface area (Å²) in [6, 6.07) is 0. The first-order valence-corrected chi connectivity index (χ1v) is 22.1. The van der Waals surface area contributed by atoms with E-state index in [-0.39, 0.29) is 29.8 Å². The predicted octanol–water partition coefficient (Wildman–Crippen LogP) is 6.72. The fourth-order valence-corrected chi connectivity index (χ4v) is 11.0. The van der Waals surface area contributed by atoms with Crippen LogP contribution in [0.25, 0.3) is 0 Å². The standard InChI is InChI=1S/C45H67ClN2O10/c1-25-13-12-16-31-24-53-42-38(47-48(6)7)28(4)37(46)36(45(31,42)51)43(50)55-33-21-32(18-17-26(2)40(25)56-35-22-34(52-8)39(49)29(5)54-35)57-44(23-33)20-19-27(3)41(58-44)30-14-10-9-11-15-30/h12-13,16-17,25,27,29-30,32-36,39-42,49,51H,9-11,14-15,18-24H2,1-8H3/b13-12+,26-17+,31-16+,47-38+/t25-,27-,29-,32+,33-,34-,35-,36-,39-,40-,41-,42+,44+,45+/m0/s1. The van der Waals surface area contributed by atoms with Gasteiger partial charge in [-0.3, -0.25) is 4.79 Å². The third-order valence-electron chi connectivity index (χ3n) is 13.9. The van der Waals surface area contributed by atoms with E-state index in [4.69, 9.17) is 44.8 Å². The first-order valence-electron chi connectivity index (χ1n) is 21.7. The SMILES string of the molecule is CO[C@H]1C[C@H](O[C@@H]2/C(C)=C/C[C@@H]3C[C@@H](C[C@]4(CC[C@H](C)[C@@H](C5CCCCC5)O4)O3)OC(=O)[C@@H]3C(Cl)=C(C)/C(=N\N(C)C)[C@H]4OC/C(=C\C=C\[C@@H]2C)[C@@]34O)O[C@@H](C)[C@@H]1O. The maximum Gasteiger partial charge on any atom is 0.318 e. The summed E-state index contributed by atoms with van der Waals surface area (Å²) in [5, 5.41) is 30.1. The first kappa shape index (κ1) is 43.9. The summed E-state index contributed by atoms with van der Waals surface area (Å²) in [5.41, 5.74) is 0.688. The van der Waals surface area contributed by atoms with Crippen LogP contribution in [0.15, 0.2) is 51.2 Å². The number of fused-ring (bicyclic) bond motifs is 2. The monoisotopic (exact) mass is 830 g/mol. The molecule has 4 saturated heterocycles. The normalized spacial score (nSPS) is 46.2. The van der Waals surface area contributed by atoms with Crippen molar-refractivity contribution < 1.29 is 48.2 Å². The molecular formula is C45H67ClN2O10. The molecule has 5 fully saturated rings. The van der Waals surface area contributed by atoms with E-state index in [1.54, 1.807) is 26.2 Å². The number of hydrogen-bond acceptors (Lipinski definition) is 12. The van der Waals surface area contributed by atoms with Crippen LogP contribution in [0, 0.1) is 23.7 Å². The van der Waals surface area contributed by atoms with E-state index in [9.17, 15) is 15.0 Å². The largest absolute Gasteiger partial charge is 0.461 e. The molecule has 0 unspecified atom stereocenters. The Morgan fingerprint density at radius 1 is 1.03 bits per heavy atom. The molecule has 7 rings (SSSR count). The minimum Gasteiger partial charge on any atom is -0.461 e. The molecule has 0 radical (unpaired) electrons. The summed E-state index contributed by atoms with van der Waals surface area (Å²) >= 11 is 7.16. The Kier molecular flexibility index (Phi) is 13.7. The van der Waals surface area contributed by atoms with E-state index in [1.807, 2.05) is 32.1 Å². The van der Waals surface area contributed by atoms with E-state index in [1.165, 1.54) is 19.3 Å². The van der Waals surface area contributed by atoms with Crippen LogP contribution in [0.2, 0.25) is 0 Å². The van der Waals surface area contributed by atoms with Crippen molar-refractivity contribution in [3.63, 3.8) is 0 Å². The maximum atomic E-state index is 14.7. The Balaban J connectivity index is 1.28. The minimum atomic E-state index is -1.86. The number of aliphatic hydroxyl groups is 2. The van der Waals surface area contributed by atoms with E-state index < -0.39 is 66.2 Å². The van der Waals surface area contributed by atoms with Crippen molar-refractivity contribution in [3.8, 4) is 0 Å². The van der Waals surface area contributed by atoms with Gasteiger partial charge in [0.25, 0.3) is 0 Å². The number of hydrogen-bond donors (Lipinski definition) is 2. The third-order valence-corrected chi connectivity index (χ3v) is 14.4. The molecule has 7 aliphatic rings.